The Hall–Kier alpha value is -0.900. The zero-order chi connectivity index (χ0) is 10.7. The Morgan fingerprint density at radius 2 is 1.86 bits per heavy atom. The first kappa shape index (κ1) is 11.2. The molecule has 1 aromatic carbocycles. The highest BCUT2D eigenvalue weighted by Crippen LogP contribution is 2.16. The van der Waals surface area contributed by atoms with Gasteiger partial charge in [0, 0.05) is 0 Å². The molecule has 4 heteroatoms. The molecule has 1 nitrogen and oxygen atoms in total. The van der Waals surface area contributed by atoms with Crippen LogP contribution in [0.1, 0.15) is 15.9 Å². The van der Waals surface area contributed by atoms with E-state index in [1.165, 1.54) is 11.8 Å². The van der Waals surface area contributed by atoms with Crippen LogP contribution in [0, 0.1) is 18.6 Å². The molecule has 0 radical (unpaired) electrons. The number of Topliss-reactive ketones (excluding diaryl/α,β-unsaturated/α-hetero) is 1. The van der Waals surface area contributed by atoms with E-state index in [1.807, 2.05) is 0 Å². The molecular formula is C10H10F2OS. The van der Waals surface area contributed by atoms with Crippen LogP contribution in [0.4, 0.5) is 8.78 Å². The highest BCUT2D eigenvalue weighted by molar-refractivity contribution is 7.99. The number of benzene rings is 1. The van der Waals surface area contributed by atoms with E-state index in [0.717, 1.165) is 12.1 Å². The van der Waals surface area contributed by atoms with E-state index in [-0.39, 0.29) is 5.75 Å². The maximum absolute atomic E-state index is 13.2. The van der Waals surface area contributed by atoms with E-state index in [1.54, 1.807) is 13.2 Å². The second-order valence-corrected chi connectivity index (χ2v) is 3.83. The predicted octanol–water partition coefficient (Wildman–Crippen LogP) is 2.82. The minimum atomic E-state index is -0.776. The molecular weight excluding hydrogens is 206 g/mol. The summed E-state index contributed by atoms with van der Waals surface area (Å²) < 4.78 is 26.4. The van der Waals surface area contributed by atoms with Gasteiger partial charge in [-0.2, -0.15) is 11.8 Å². The van der Waals surface area contributed by atoms with Crippen LogP contribution in [0.15, 0.2) is 12.1 Å². The molecule has 0 spiro atoms. The Bertz CT molecular complexity index is 340. The number of carbonyl (C=O) groups is 1. The first-order chi connectivity index (χ1) is 6.56. The van der Waals surface area contributed by atoms with Gasteiger partial charge in [0.15, 0.2) is 5.78 Å². The topological polar surface area (TPSA) is 17.1 Å². The van der Waals surface area contributed by atoms with Crippen LogP contribution in [-0.2, 0) is 0 Å². The van der Waals surface area contributed by atoms with Crippen molar-refractivity contribution < 1.29 is 13.6 Å². The molecule has 0 heterocycles. The van der Waals surface area contributed by atoms with Crippen LogP contribution in [0.2, 0.25) is 0 Å². The Morgan fingerprint density at radius 3 is 2.29 bits per heavy atom. The van der Waals surface area contributed by atoms with Gasteiger partial charge >= 0.3 is 0 Å². The number of ketones is 1. The first-order valence-electron chi connectivity index (χ1n) is 4.04. The molecule has 0 aliphatic heterocycles. The normalized spacial score (nSPS) is 10.3. The number of thioether (sulfide) groups is 1. The zero-order valence-electron chi connectivity index (χ0n) is 7.93. The lowest BCUT2D eigenvalue weighted by Gasteiger charge is -2.04. The number of rotatable bonds is 3. The average molecular weight is 216 g/mol. The standard InChI is InChI=1S/C10H10F2OS/c1-6-3-7(11)10(8(12)4-6)9(13)5-14-2/h3-4H,5H2,1-2H3. The van der Waals surface area contributed by atoms with Crippen molar-refractivity contribution in [1.29, 1.82) is 0 Å². The van der Waals surface area contributed by atoms with Crippen LogP contribution in [0.5, 0.6) is 0 Å². The van der Waals surface area contributed by atoms with E-state index in [9.17, 15) is 13.6 Å². The van der Waals surface area contributed by atoms with E-state index in [0.29, 0.717) is 5.56 Å². The van der Waals surface area contributed by atoms with Gasteiger partial charge in [-0.15, -0.1) is 0 Å². The monoisotopic (exact) mass is 216 g/mol. The summed E-state index contributed by atoms with van der Waals surface area (Å²) in [6, 6.07) is 2.33. The van der Waals surface area contributed by atoms with Crippen molar-refractivity contribution in [2.75, 3.05) is 12.0 Å². The van der Waals surface area contributed by atoms with Crippen LogP contribution in [-0.4, -0.2) is 17.8 Å². The third kappa shape index (κ3) is 2.32. The molecule has 1 rings (SSSR count). The molecule has 0 saturated carbocycles. The molecule has 0 aromatic heterocycles. The van der Waals surface area contributed by atoms with Crippen LogP contribution >= 0.6 is 11.8 Å². The van der Waals surface area contributed by atoms with Crippen molar-refractivity contribution >= 4 is 17.5 Å². The fourth-order valence-electron chi connectivity index (χ4n) is 1.17. The van der Waals surface area contributed by atoms with Crippen molar-refractivity contribution in [3.63, 3.8) is 0 Å². The van der Waals surface area contributed by atoms with Gasteiger partial charge in [-0.1, -0.05) is 0 Å². The molecule has 0 N–H and O–H groups in total. The Morgan fingerprint density at radius 1 is 1.36 bits per heavy atom. The van der Waals surface area contributed by atoms with E-state index in [4.69, 9.17) is 0 Å². The van der Waals surface area contributed by atoms with Gasteiger partial charge in [-0.25, -0.2) is 8.78 Å². The maximum atomic E-state index is 13.2. The summed E-state index contributed by atoms with van der Waals surface area (Å²) >= 11 is 1.24. The summed E-state index contributed by atoms with van der Waals surface area (Å²) in [5, 5.41) is 0. The van der Waals surface area contributed by atoms with Crippen LogP contribution in [0.25, 0.3) is 0 Å². The summed E-state index contributed by atoms with van der Waals surface area (Å²) in [5.41, 5.74) is 0.0469. The average Bonchev–Trinajstić information content (AvgIpc) is 2.01. The number of hydrogen-bond donors (Lipinski definition) is 0. The van der Waals surface area contributed by atoms with Gasteiger partial charge in [-0.05, 0) is 30.9 Å². The van der Waals surface area contributed by atoms with E-state index < -0.39 is 23.0 Å². The lowest BCUT2D eigenvalue weighted by Crippen LogP contribution is -2.08. The molecule has 0 unspecified atom stereocenters. The molecule has 0 aliphatic rings. The van der Waals surface area contributed by atoms with Crippen molar-refractivity contribution in [2.45, 2.75) is 6.92 Å². The summed E-state index contributed by atoms with van der Waals surface area (Å²) in [5.74, 6) is -1.97. The van der Waals surface area contributed by atoms with Crippen LogP contribution in [0.3, 0.4) is 0 Å². The van der Waals surface area contributed by atoms with Crippen LogP contribution < -0.4 is 0 Å². The van der Waals surface area contributed by atoms with Crippen molar-refractivity contribution in [1.82, 2.24) is 0 Å². The summed E-state index contributed by atoms with van der Waals surface area (Å²) in [6.45, 7) is 1.58. The zero-order valence-corrected chi connectivity index (χ0v) is 8.75. The molecule has 76 valence electrons. The molecule has 0 aliphatic carbocycles. The summed E-state index contributed by atoms with van der Waals surface area (Å²) in [6.07, 6.45) is 1.71. The lowest BCUT2D eigenvalue weighted by atomic mass is 10.1. The van der Waals surface area contributed by atoms with Gasteiger partial charge in [0.1, 0.15) is 11.6 Å². The molecule has 0 atom stereocenters. The number of hydrogen-bond acceptors (Lipinski definition) is 2. The molecule has 14 heavy (non-hydrogen) atoms. The van der Waals surface area contributed by atoms with Crippen molar-refractivity contribution in [3.8, 4) is 0 Å². The van der Waals surface area contributed by atoms with E-state index in [2.05, 4.69) is 0 Å². The minimum absolute atomic E-state index is 0.0941. The number of halogens is 2. The molecule has 1 aromatic rings. The second-order valence-electron chi connectivity index (χ2n) is 2.96. The molecule has 0 amide bonds. The third-order valence-corrected chi connectivity index (χ3v) is 2.29. The van der Waals surface area contributed by atoms with Gasteiger partial charge < -0.3 is 0 Å². The quantitative estimate of drug-likeness (QED) is 0.723. The predicted molar refractivity (Wildman–Crippen MR) is 53.8 cm³/mol. The summed E-state index contributed by atoms with van der Waals surface area (Å²) in [4.78, 5) is 11.3. The van der Waals surface area contributed by atoms with Gasteiger partial charge in [0.25, 0.3) is 0 Å². The fourth-order valence-corrected chi connectivity index (χ4v) is 1.58. The maximum Gasteiger partial charge on any atom is 0.178 e. The lowest BCUT2D eigenvalue weighted by molar-refractivity contribution is 0.101. The van der Waals surface area contributed by atoms with Gasteiger partial charge in [0.2, 0.25) is 0 Å². The Kier molecular flexibility index (Phi) is 3.63. The molecule has 0 saturated heterocycles. The van der Waals surface area contributed by atoms with Gasteiger partial charge in [0.05, 0.1) is 11.3 Å². The molecule has 0 bridgehead atoms. The van der Waals surface area contributed by atoms with Gasteiger partial charge in [-0.3, -0.25) is 4.79 Å². The number of carbonyl (C=O) groups excluding carboxylic acids is 1. The molecule has 0 fully saturated rings. The third-order valence-electron chi connectivity index (χ3n) is 1.74. The fraction of sp³-hybridized carbons (Fsp3) is 0.300. The summed E-state index contributed by atoms with van der Waals surface area (Å²) in [7, 11) is 0. The van der Waals surface area contributed by atoms with E-state index >= 15 is 0 Å². The largest absolute Gasteiger partial charge is 0.293 e. The second kappa shape index (κ2) is 4.55. The highest BCUT2D eigenvalue weighted by Gasteiger charge is 2.16. The Balaban J connectivity index is 3.14. The SMILES string of the molecule is CSCC(=O)c1c(F)cc(C)cc1F. The van der Waals surface area contributed by atoms with Crippen molar-refractivity contribution in [3.05, 3.63) is 34.9 Å². The first-order valence-corrected chi connectivity index (χ1v) is 5.43. The number of aryl methyl sites for hydroxylation is 1. The Labute approximate surface area is 85.5 Å². The highest BCUT2D eigenvalue weighted by atomic mass is 32.2. The van der Waals surface area contributed by atoms with Crippen molar-refractivity contribution in [2.24, 2.45) is 0 Å². The smallest absolute Gasteiger partial charge is 0.178 e. The minimum Gasteiger partial charge on any atom is -0.293 e.